The molecule has 1 aromatic rings. The molecule has 0 radical (unpaired) electrons. The minimum atomic E-state index is 0.151. The molecular weight excluding hydrogens is 282 g/mol. The molecule has 0 heterocycles. The van der Waals surface area contributed by atoms with Crippen LogP contribution in [-0.2, 0) is 5.54 Å². The van der Waals surface area contributed by atoms with E-state index in [1.54, 1.807) is 0 Å². The van der Waals surface area contributed by atoms with Crippen LogP contribution < -0.4 is 5.73 Å². The number of nitrogens with two attached hydrogens (primary N) is 1. The van der Waals surface area contributed by atoms with Crippen molar-refractivity contribution in [3.8, 4) is 0 Å². The normalized spacial score (nSPS) is 29.0. The summed E-state index contributed by atoms with van der Waals surface area (Å²) in [6, 6.07) is 11.9. The highest BCUT2D eigenvalue weighted by atomic mass is 15.2. The van der Waals surface area contributed by atoms with E-state index in [1.165, 1.54) is 57.1 Å². The lowest BCUT2D eigenvalue weighted by atomic mass is 9.72. The molecule has 2 fully saturated rings. The molecule has 0 amide bonds. The minimum Gasteiger partial charge on any atom is -0.318 e. The zero-order valence-corrected chi connectivity index (χ0v) is 14.9. The van der Waals surface area contributed by atoms with Gasteiger partial charge in [0.15, 0.2) is 0 Å². The Balaban J connectivity index is 1.84. The van der Waals surface area contributed by atoms with Crippen molar-refractivity contribution in [3.05, 3.63) is 35.9 Å². The lowest BCUT2D eigenvalue weighted by Gasteiger charge is -2.50. The standard InChI is InChI=1S/C20H33N3/c1-22(2)19-11-13-20(14-12-19,18-9-4-3-5-10-18)23(16-21)15-17-7-6-8-17/h3-5,9-10,17,19H,6-8,11-16,21H2,1-2H3. The Morgan fingerprint density at radius 1 is 1.04 bits per heavy atom. The fourth-order valence-corrected chi connectivity index (χ4v) is 4.54. The molecule has 2 aliphatic rings. The van der Waals surface area contributed by atoms with E-state index in [4.69, 9.17) is 5.73 Å². The summed E-state index contributed by atoms with van der Waals surface area (Å²) < 4.78 is 0. The summed E-state index contributed by atoms with van der Waals surface area (Å²) in [5, 5.41) is 0. The fourth-order valence-electron chi connectivity index (χ4n) is 4.54. The summed E-state index contributed by atoms with van der Waals surface area (Å²) in [7, 11) is 4.44. The first-order chi connectivity index (χ1) is 11.2. The molecule has 0 aromatic heterocycles. The smallest absolute Gasteiger partial charge is 0.0474 e. The van der Waals surface area contributed by atoms with Gasteiger partial charge in [-0.1, -0.05) is 36.8 Å². The Morgan fingerprint density at radius 3 is 2.17 bits per heavy atom. The molecule has 3 heteroatoms. The molecule has 3 rings (SSSR count). The van der Waals surface area contributed by atoms with Crippen LogP contribution in [0, 0.1) is 5.92 Å². The zero-order chi connectivity index (χ0) is 16.3. The lowest BCUT2D eigenvalue weighted by molar-refractivity contribution is 0.00578. The first kappa shape index (κ1) is 16.9. The molecule has 0 aliphatic heterocycles. The molecular formula is C20H33N3. The number of nitrogens with zero attached hydrogens (tertiary/aromatic N) is 2. The minimum absolute atomic E-state index is 0.151. The molecule has 0 atom stereocenters. The van der Waals surface area contributed by atoms with Crippen LogP contribution in [0.5, 0.6) is 0 Å². The van der Waals surface area contributed by atoms with Crippen LogP contribution in [0.4, 0.5) is 0 Å². The number of benzene rings is 1. The highest BCUT2D eigenvalue weighted by molar-refractivity contribution is 5.26. The highest BCUT2D eigenvalue weighted by Crippen LogP contribution is 2.44. The monoisotopic (exact) mass is 315 g/mol. The largest absolute Gasteiger partial charge is 0.318 e. The molecule has 0 bridgehead atoms. The van der Waals surface area contributed by atoms with Gasteiger partial charge in [-0.2, -0.15) is 0 Å². The average molecular weight is 316 g/mol. The van der Waals surface area contributed by atoms with E-state index in [9.17, 15) is 0 Å². The second-order valence-corrected chi connectivity index (χ2v) is 7.79. The molecule has 2 aliphatic carbocycles. The Morgan fingerprint density at radius 2 is 1.70 bits per heavy atom. The van der Waals surface area contributed by atoms with Gasteiger partial charge >= 0.3 is 0 Å². The molecule has 3 nitrogen and oxygen atoms in total. The van der Waals surface area contributed by atoms with Crippen molar-refractivity contribution in [2.75, 3.05) is 27.3 Å². The topological polar surface area (TPSA) is 32.5 Å². The van der Waals surface area contributed by atoms with Crippen molar-refractivity contribution in [2.45, 2.75) is 56.5 Å². The summed E-state index contributed by atoms with van der Waals surface area (Å²) in [5.41, 5.74) is 7.89. The molecule has 1 aromatic carbocycles. The molecule has 0 unspecified atom stereocenters. The quantitative estimate of drug-likeness (QED) is 0.817. The van der Waals surface area contributed by atoms with E-state index in [2.05, 4.69) is 54.2 Å². The molecule has 23 heavy (non-hydrogen) atoms. The van der Waals surface area contributed by atoms with Gasteiger partial charge in [0, 0.05) is 24.8 Å². The predicted molar refractivity (Wildman–Crippen MR) is 97.2 cm³/mol. The van der Waals surface area contributed by atoms with Crippen LogP contribution in [0.1, 0.15) is 50.5 Å². The number of rotatable bonds is 6. The Bertz CT molecular complexity index is 473. The van der Waals surface area contributed by atoms with E-state index < -0.39 is 0 Å². The second-order valence-electron chi connectivity index (χ2n) is 7.79. The van der Waals surface area contributed by atoms with Crippen molar-refractivity contribution in [1.29, 1.82) is 0 Å². The van der Waals surface area contributed by atoms with E-state index >= 15 is 0 Å². The molecule has 128 valence electrons. The third-order valence-corrected chi connectivity index (χ3v) is 6.35. The lowest BCUT2D eigenvalue weighted by Crippen LogP contribution is -2.54. The Hall–Kier alpha value is -0.900. The zero-order valence-electron chi connectivity index (χ0n) is 14.9. The number of hydrogen-bond donors (Lipinski definition) is 1. The van der Waals surface area contributed by atoms with Gasteiger partial charge < -0.3 is 10.6 Å². The highest BCUT2D eigenvalue weighted by Gasteiger charge is 2.42. The van der Waals surface area contributed by atoms with Crippen molar-refractivity contribution in [2.24, 2.45) is 11.7 Å². The van der Waals surface area contributed by atoms with Gasteiger partial charge in [-0.25, -0.2) is 0 Å². The van der Waals surface area contributed by atoms with E-state index in [1.807, 2.05) is 0 Å². The van der Waals surface area contributed by atoms with Crippen molar-refractivity contribution < 1.29 is 0 Å². The van der Waals surface area contributed by atoms with E-state index in [0.29, 0.717) is 6.67 Å². The summed E-state index contributed by atoms with van der Waals surface area (Å²) in [6.45, 7) is 1.86. The summed E-state index contributed by atoms with van der Waals surface area (Å²) >= 11 is 0. The van der Waals surface area contributed by atoms with Gasteiger partial charge in [0.2, 0.25) is 0 Å². The van der Waals surface area contributed by atoms with Crippen LogP contribution in [0.15, 0.2) is 30.3 Å². The van der Waals surface area contributed by atoms with Crippen LogP contribution >= 0.6 is 0 Å². The summed E-state index contributed by atoms with van der Waals surface area (Å²) in [5.74, 6) is 0.866. The first-order valence-corrected chi connectivity index (χ1v) is 9.33. The Labute approximate surface area is 141 Å². The maximum atomic E-state index is 6.26. The average Bonchev–Trinajstić information content (AvgIpc) is 2.55. The van der Waals surface area contributed by atoms with Crippen LogP contribution in [0.25, 0.3) is 0 Å². The maximum Gasteiger partial charge on any atom is 0.0474 e. The van der Waals surface area contributed by atoms with Gasteiger partial charge in [0.25, 0.3) is 0 Å². The van der Waals surface area contributed by atoms with Gasteiger partial charge in [0.1, 0.15) is 0 Å². The van der Waals surface area contributed by atoms with E-state index in [0.717, 1.165) is 12.0 Å². The van der Waals surface area contributed by atoms with Crippen molar-refractivity contribution in [3.63, 3.8) is 0 Å². The maximum absolute atomic E-state index is 6.26. The van der Waals surface area contributed by atoms with Crippen LogP contribution in [0.3, 0.4) is 0 Å². The van der Waals surface area contributed by atoms with Crippen molar-refractivity contribution >= 4 is 0 Å². The third kappa shape index (κ3) is 3.47. The third-order valence-electron chi connectivity index (χ3n) is 6.35. The fraction of sp³-hybridized carbons (Fsp3) is 0.700. The van der Waals surface area contributed by atoms with Gasteiger partial charge in [0.05, 0.1) is 0 Å². The summed E-state index contributed by atoms with van der Waals surface area (Å²) in [4.78, 5) is 5.01. The molecule has 0 spiro atoms. The second kappa shape index (κ2) is 7.33. The van der Waals surface area contributed by atoms with Crippen LogP contribution in [-0.4, -0.2) is 43.2 Å². The number of hydrogen-bond acceptors (Lipinski definition) is 3. The van der Waals surface area contributed by atoms with Gasteiger partial charge in [-0.3, -0.25) is 4.90 Å². The van der Waals surface area contributed by atoms with Gasteiger partial charge in [-0.05, 0) is 64.1 Å². The molecule has 2 N–H and O–H groups in total. The molecule has 2 saturated carbocycles. The molecule has 0 saturated heterocycles. The van der Waals surface area contributed by atoms with E-state index in [-0.39, 0.29) is 5.54 Å². The first-order valence-electron chi connectivity index (χ1n) is 9.33. The van der Waals surface area contributed by atoms with Gasteiger partial charge in [-0.15, -0.1) is 0 Å². The van der Waals surface area contributed by atoms with Crippen molar-refractivity contribution in [1.82, 2.24) is 9.80 Å². The predicted octanol–water partition coefficient (Wildman–Crippen LogP) is 3.40. The van der Waals surface area contributed by atoms with Crippen LogP contribution in [0.2, 0.25) is 0 Å². The Kier molecular flexibility index (Phi) is 5.40. The SMILES string of the molecule is CN(C)C1CCC(c2ccccc2)(N(CN)CC2CCC2)CC1. The summed E-state index contributed by atoms with van der Waals surface area (Å²) in [6.07, 6.45) is 9.17.